The van der Waals surface area contributed by atoms with Crippen molar-refractivity contribution in [1.29, 1.82) is 0 Å². The molecule has 0 amide bonds. The third kappa shape index (κ3) is 9.88. The fourth-order valence-electron chi connectivity index (χ4n) is 11.4. The average Bonchev–Trinajstić information content (AvgIpc) is 3.82. The maximum absolute atomic E-state index is 4.93. The van der Waals surface area contributed by atoms with Crippen LogP contribution in [0.2, 0.25) is 13.1 Å². The Balaban J connectivity index is 0.000000153. The Bertz CT molecular complexity index is 2160. The summed E-state index contributed by atoms with van der Waals surface area (Å²) < 4.78 is 0. The molecular formula is C53H62Cl2SiZr. The second-order valence-electron chi connectivity index (χ2n) is 18.9. The Hall–Kier alpha value is -2.22. The predicted octanol–water partition coefficient (Wildman–Crippen LogP) is 16.7. The molecule has 6 aromatic rings. The standard InChI is InChI=1S/C26H27.C25H29.C2H6Si.2ClH.Zr/c1-17-9-22-3-2-4-24(25(22)10-17)21-5-7-23(8-6-21)26-14-18-11-19(15-26)13-20(12-18)16-26;1-25(2,3)22-14-12-19(13-15-22)23-11-7-10-20-16-21(17-24(20)23)18-8-5-4-6-9-18;1-3-2;;;/h2-10,18-20H,11-16H2,1H3;7,10-18H,4-6,8-9H2,1-3H3;1-2H3;2*1H;/q2*-1;;;;+4/p-2. The zero-order chi connectivity index (χ0) is 40.2. The molecule has 0 aromatic heterocycles. The van der Waals surface area contributed by atoms with E-state index in [-0.39, 0.29) is 5.41 Å². The summed E-state index contributed by atoms with van der Waals surface area (Å²) in [4.78, 5) is 0. The van der Waals surface area contributed by atoms with Gasteiger partial charge < -0.3 is 0 Å². The summed E-state index contributed by atoms with van der Waals surface area (Å²) in [5, 5.41) is 5.59. The van der Waals surface area contributed by atoms with Crippen LogP contribution in [-0.4, -0.2) is 9.52 Å². The van der Waals surface area contributed by atoms with Gasteiger partial charge in [0.1, 0.15) is 0 Å². The van der Waals surface area contributed by atoms with Crippen molar-refractivity contribution in [2.75, 3.05) is 0 Å². The fourth-order valence-corrected chi connectivity index (χ4v) is 11.4. The molecule has 5 aliphatic carbocycles. The van der Waals surface area contributed by atoms with Gasteiger partial charge in [-0.15, -0.1) is 69.1 Å². The van der Waals surface area contributed by atoms with E-state index in [2.05, 4.69) is 150 Å². The maximum atomic E-state index is 4.93. The molecule has 0 atom stereocenters. The van der Waals surface area contributed by atoms with Crippen molar-refractivity contribution < 1.29 is 20.8 Å². The number of hydrogen-bond donors (Lipinski definition) is 0. The van der Waals surface area contributed by atoms with E-state index in [0.29, 0.717) is 5.41 Å². The van der Waals surface area contributed by atoms with Crippen molar-refractivity contribution >= 4 is 48.1 Å². The third-order valence-corrected chi connectivity index (χ3v) is 13.7. The molecule has 6 aromatic carbocycles. The third-order valence-electron chi connectivity index (χ3n) is 13.7. The molecule has 4 heteroatoms. The van der Waals surface area contributed by atoms with Gasteiger partial charge in [-0.3, -0.25) is 0 Å². The van der Waals surface area contributed by atoms with Gasteiger partial charge in [0.25, 0.3) is 0 Å². The first-order chi connectivity index (χ1) is 27.5. The van der Waals surface area contributed by atoms with Crippen molar-refractivity contribution in [2.24, 2.45) is 17.8 Å². The molecule has 0 unspecified atom stereocenters. The second-order valence-corrected chi connectivity index (χ2v) is 23.7. The SMILES string of the molecule is CC(C)(C)c1ccc(-c2cccc3[cH-]c(C4CCCCC4)cc23)cc1.C[Si]C.Cc1cc2c(-c3ccc(C45CC6CC(CC(C6)C4)C5)cc3)cccc2[cH-]1.[Cl][Zr+2][Cl]. The van der Waals surface area contributed by atoms with Gasteiger partial charge in [-0.1, -0.05) is 132 Å². The van der Waals surface area contributed by atoms with Crippen molar-refractivity contribution in [3.63, 3.8) is 0 Å². The van der Waals surface area contributed by atoms with Crippen LogP contribution in [0.4, 0.5) is 0 Å². The quantitative estimate of drug-likeness (QED) is 0.122. The zero-order valence-corrected chi connectivity index (χ0v) is 40.2. The molecule has 4 bridgehead atoms. The summed E-state index contributed by atoms with van der Waals surface area (Å²) >= 11 is -0.826. The molecule has 2 radical (unpaired) electrons. The van der Waals surface area contributed by atoms with Gasteiger partial charge in [-0.2, -0.15) is 12.1 Å². The van der Waals surface area contributed by atoms with Crippen LogP contribution >= 0.6 is 17.0 Å². The molecule has 5 saturated carbocycles. The van der Waals surface area contributed by atoms with Gasteiger partial charge in [0.2, 0.25) is 0 Å². The topological polar surface area (TPSA) is 0 Å². The van der Waals surface area contributed by atoms with Crippen LogP contribution in [0, 0.1) is 24.7 Å². The van der Waals surface area contributed by atoms with Gasteiger partial charge in [0.05, 0.1) is 0 Å². The van der Waals surface area contributed by atoms with E-state index in [0.717, 1.165) is 33.2 Å². The van der Waals surface area contributed by atoms with E-state index < -0.39 is 20.8 Å². The van der Waals surface area contributed by atoms with Gasteiger partial charge in [0, 0.05) is 9.52 Å². The first-order valence-electron chi connectivity index (χ1n) is 21.7. The average molecular weight is 889 g/mol. The minimum atomic E-state index is -0.826. The van der Waals surface area contributed by atoms with Crippen LogP contribution < -0.4 is 0 Å². The van der Waals surface area contributed by atoms with E-state index in [9.17, 15) is 0 Å². The Labute approximate surface area is 365 Å². The number of hydrogen-bond acceptors (Lipinski definition) is 0. The summed E-state index contributed by atoms with van der Waals surface area (Å²) in [6, 6.07) is 41.9. The van der Waals surface area contributed by atoms with Crippen molar-refractivity contribution in [3.05, 3.63) is 131 Å². The van der Waals surface area contributed by atoms with Crippen molar-refractivity contribution in [1.82, 2.24) is 0 Å². The molecule has 0 nitrogen and oxygen atoms in total. The number of fused-ring (bicyclic) bond motifs is 2. The molecule has 5 aliphatic rings. The van der Waals surface area contributed by atoms with Gasteiger partial charge in [0.15, 0.2) is 0 Å². The summed E-state index contributed by atoms with van der Waals surface area (Å²) in [7, 11) is 11.0. The van der Waals surface area contributed by atoms with Crippen LogP contribution in [-0.2, 0) is 31.7 Å². The second kappa shape index (κ2) is 19.0. The normalized spacial score (nSPS) is 22.5. The summed E-state index contributed by atoms with van der Waals surface area (Å²) in [5.41, 5.74) is 12.1. The summed E-state index contributed by atoms with van der Waals surface area (Å²) in [6.07, 6.45) is 15.9. The summed E-state index contributed by atoms with van der Waals surface area (Å²) in [6.45, 7) is 13.3. The van der Waals surface area contributed by atoms with E-state index in [4.69, 9.17) is 17.0 Å². The zero-order valence-electron chi connectivity index (χ0n) is 35.2. The molecule has 11 rings (SSSR count). The first-order valence-corrected chi connectivity index (χ1v) is 30.0. The van der Waals surface area contributed by atoms with E-state index in [1.165, 1.54) is 126 Å². The predicted molar refractivity (Wildman–Crippen MR) is 248 cm³/mol. The van der Waals surface area contributed by atoms with Crippen molar-refractivity contribution in [2.45, 2.75) is 128 Å². The Morgan fingerprint density at radius 2 is 1.12 bits per heavy atom. The fraction of sp³-hybridized carbons (Fsp3) is 0.434. The Kier molecular flexibility index (Phi) is 14.3. The van der Waals surface area contributed by atoms with Crippen LogP contribution in [0.1, 0.15) is 120 Å². The molecule has 0 heterocycles. The van der Waals surface area contributed by atoms with Gasteiger partial charge in [-0.05, 0) is 108 Å². The number of benzene rings is 4. The number of aryl methyl sites for hydroxylation is 1. The van der Waals surface area contributed by atoms with E-state index in [1.54, 1.807) is 11.1 Å². The minimum absolute atomic E-state index is 0.207. The molecule has 0 saturated heterocycles. The molecule has 0 N–H and O–H groups in total. The van der Waals surface area contributed by atoms with Crippen LogP contribution in [0.5, 0.6) is 0 Å². The Morgan fingerprint density at radius 3 is 1.63 bits per heavy atom. The van der Waals surface area contributed by atoms with Gasteiger partial charge in [-0.25, -0.2) is 0 Å². The Morgan fingerprint density at radius 1 is 0.649 bits per heavy atom. The van der Waals surface area contributed by atoms with Crippen LogP contribution in [0.3, 0.4) is 0 Å². The summed E-state index contributed by atoms with van der Waals surface area (Å²) in [5.74, 6) is 3.82. The van der Waals surface area contributed by atoms with Crippen molar-refractivity contribution in [3.8, 4) is 22.3 Å². The monoisotopic (exact) mass is 886 g/mol. The van der Waals surface area contributed by atoms with Crippen LogP contribution in [0.15, 0.2) is 109 Å². The number of halogens is 2. The van der Waals surface area contributed by atoms with Gasteiger partial charge >= 0.3 is 37.9 Å². The molecule has 0 spiro atoms. The molecule has 57 heavy (non-hydrogen) atoms. The molecular weight excluding hydrogens is 827 g/mol. The molecule has 296 valence electrons. The number of rotatable bonds is 4. The van der Waals surface area contributed by atoms with E-state index in [1.807, 2.05) is 0 Å². The van der Waals surface area contributed by atoms with E-state index >= 15 is 0 Å². The molecule has 0 aliphatic heterocycles. The molecule has 5 fully saturated rings. The first kappa shape index (κ1) is 42.9. The van der Waals surface area contributed by atoms with Crippen LogP contribution in [0.25, 0.3) is 43.8 Å².